The van der Waals surface area contributed by atoms with Crippen LogP contribution in [0.4, 0.5) is 0 Å². The Bertz CT molecular complexity index is 467. The highest BCUT2D eigenvalue weighted by Gasteiger charge is 2.19. The summed E-state index contributed by atoms with van der Waals surface area (Å²) < 4.78 is 0. The maximum Gasteiger partial charge on any atom is 0.335 e. The Kier molecular flexibility index (Phi) is 4.20. The first-order valence-corrected chi connectivity index (χ1v) is 6.70. The molecule has 0 spiro atoms. The number of likely N-dealkylation sites (tertiary alicyclic amines) is 1. The van der Waals surface area contributed by atoms with E-state index in [1.54, 1.807) is 12.1 Å². The van der Waals surface area contributed by atoms with Crippen LogP contribution in [0.15, 0.2) is 24.3 Å². The van der Waals surface area contributed by atoms with Gasteiger partial charge >= 0.3 is 5.97 Å². The van der Waals surface area contributed by atoms with Crippen molar-refractivity contribution < 1.29 is 14.7 Å². The number of hydrogen-bond acceptors (Lipinski definition) is 2. The van der Waals surface area contributed by atoms with Crippen LogP contribution in [0, 0.1) is 5.92 Å². The highest BCUT2D eigenvalue weighted by molar-refractivity contribution is 5.95. The van der Waals surface area contributed by atoms with Crippen molar-refractivity contribution in [3.8, 4) is 0 Å². The van der Waals surface area contributed by atoms with Crippen LogP contribution in [0.5, 0.6) is 0 Å². The molecule has 4 nitrogen and oxygen atoms in total. The number of carboxylic acids is 1. The fourth-order valence-electron chi connectivity index (χ4n) is 2.40. The third-order valence-electron chi connectivity index (χ3n) is 3.68. The molecule has 102 valence electrons. The van der Waals surface area contributed by atoms with E-state index >= 15 is 0 Å². The van der Waals surface area contributed by atoms with Crippen molar-refractivity contribution in [1.29, 1.82) is 0 Å². The predicted octanol–water partition coefficient (Wildman–Crippen LogP) is 2.65. The molecule has 1 fully saturated rings. The van der Waals surface area contributed by atoms with Gasteiger partial charge in [0.25, 0.3) is 5.91 Å². The quantitative estimate of drug-likeness (QED) is 0.890. The first-order valence-electron chi connectivity index (χ1n) is 6.70. The molecule has 0 bridgehead atoms. The van der Waals surface area contributed by atoms with Crippen LogP contribution >= 0.6 is 0 Å². The molecule has 1 unspecified atom stereocenters. The van der Waals surface area contributed by atoms with Gasteiger partial charge in [0.15, 0.2) is 0 Å². The van der Waals surface area contributed by atoms with Gasteiger partial charge in [-0.3, -0.25) is 4.79 Å². The largest absolute Gasteiger partial charge is 0.478 e. The molecule has 0 radical (unpaired) electrons. The fraction of sp³-hybridized carbons (Fsp3) is 0.467. The van der Waals surface area contributed by atoms with Crippen LogP contribution in [0.1, 0.15) is 46.9 Å². The van der Waals surface area contributed by atoms with E-state index in [1.807, 2.05) is 4.90 Å². The number of nitrogens with zero attached hydrogens (tertiary/aromatic N) is 1. The first kappa shape index (κ1) is 13.6. The van der Waals surface area contributed by atoms with Gasteiger partial charge in [0.2, 0.25) is 0 Å². The number of rotatable bonds is 2. The van der Waals surface area contributed by atoms with E-state index < -0.39 is 5.97 Å². The molecule has 1 saturated heterocycles. The topological polar surface area (TPSA) is 57.6 Å². The highest BCUT2D eigenvalue weighted by Crippen LogP contribution is 2.18. The summed E-state index contributed by atoms with van der Waals surface area (Å²) in [5.41, 5.74) is 0.778. The summed E-state index contributed by atoms with van der Waals surface area (Å²) in [4.78, 5) is 25.0. The summed E-state index contributed by atoms with van der Waals surface area (Å²) in [6.45, 7) is 3.81. The maximum atomic E-state index is 12.3. The molecule has 1 heterocycles. The minimum absolute atomic E-state index is 0.00559. The van der Waals surface area contributed by atoms with Gasteiger partial charge in [-0.15, -0.1) is 0 Å². The standard InChI is InChI=1S/C15H19NO3/c1-11-3-2-9-16(10-8-11)14(17)12-4-6-13(7-5-12)15(18)19/h4-7,11H,2-3,8-10H2,1H3,(H,18,19). The normalized spacial score (nSPS) is 19.8. The Morgan fingerprint density at radius 2 is 1.74 bits per heavy atom. The molecule has 0 saturated carbocycles. The number of benzene rings is 1. The first-order chi connectivity index (χ1) is 9.08. The summed E-state index contributed by atoms with van der Waals surface area (Å²) in [6.07, 6.45) is 3.25. The van der Waals surface area contributed by atoms with Crippen LogP contribution in [-0.4, -0.2) is 35.0 Å². The number of hydrogen-bond donors (Lipinski definition) is 1. The van der Waals surface area contributed by atoms with Crippen molar-refractivity contribution in [2.75, 3.05) is 13.1 Å². The fourth-order valence-corrected chi connectivity index (χ4v) is 2.40. The van der Waals surface area contributed by atoms with E-state index in [0.29, 0.717) is 11.5 Å². The SMILES string of the molecule is CC1CCCN(C(=O)c2ccc(C(=O)O)cc2)CC1. The molecule has 1 aliphatic rings. The third-order valence-corrected chi connectivity index (χ3v) is 3.68. The second-order valence-corrected chi connectivity index (χ2v) is 5.21. The van der Waals surface area contributed by atoms with E-state index in [4.69, 9.17) is 5.11 Å². The summed E-state index contributed by atoms with van der Waals surface area (Å²) in [6, 6.07) is 6.16. The van der Waals surface area contributed by atoms with Gasteiger partial charge in [0, 0.05) is 18.7 Å². The third kappa shape index (κ3) is 3.34. The van der Waals surface area contributed by atoms with Crippen molar-refractivity contribution >= 4 is 11.9 Å². The lowest BCUT2D eigenvalue weighted by molar-refractivity contribution is 0.0694. The molecule has 4 heteroatoms. The van der Waals surface area contributed by atoms with Crippen LogP contribution < -0.4 is 0 Å². The number of aromatic carboxylic acids is 1. The lowest BCUT2D eigenvalue weighted by Crippen LogP contribution is -2.32. The second-order valence-electron chi connectivity index (χ2n) is 5.21. The number of carbonyl (C=O) groups is 2. The molecule has 1 aromatic carbocycles. The molecule has 1 N–H and O–H groups in total. The van der Waals surface area contributed by atoms with Crippen molar-refractivity contribution in [2.45, 2.75) is 26.2 Å². The van der Waals surface area contributed by atoms with Gasteiger partial charge in [-0.2, -0.15) is 0 Å². The summed E-state index contributed by atoms with van der Waals surface area (Å²) in [5, 5.41) is 8.83. The Morgan fingerprint density at radius 1 is 1.11 bits per heavy atom. The van der Waals surface area contributed by atoms with Crippen molar-refractivity contribution in [1.82, 2.24) is 4.90 Å². The lowest BCUT2D eigenvalue weighted by Gasteiger charge is -2.20. The zero-order valence-electron chi connectivity index (χ0n) is 11.1. The zero-order chi connectivity index (χ0) is 13.8. The minimum atomic E-state index is -0.970. The monoisotopic (exact) mass is 261 g/mol. The maximum absolute atomic E-state index is 12.3. The van der Waals surface area contributed by atoms with Crippen LogP contribution in [0.25, 0.3) is 0 Å². The zero-order valence-corrected chi connectivity index (χ0v) is 11.1. The van der Waals surface area contributed by atoms with E-state index in [9.17, 15) is 9.59 Å². The minimum Gasteiger partial charge on any atom is -0.478 e. The Labute approximate surface area is 113 Å². The average Bonchev–Trinajstić information content (AvgIpc) is 2.63. The van der Waals surface area contributed by atoms with Gasteiger partial charge in [0.1, 0.15) is 0 Å². The average molecular weight is 261 g/mol. The van der Waals surface area contributed by atoms with Crippen LogP contribution in [0.2, 0.25) is 0 Å². The van der Waals surface area contributed by atoms with Crippen molar-refractivity contribution in [3.05, 3.63) is 35.4 Å². The van der Waals surface area contributed by atoms with Crippen molar-refractivity contribution in [2.24, 2.45) is 5.92 Å². The molecule has 2 rings (SSSR count). The van der Waals surface area contributed by atoms with E-state index in [-0.39, 0.29) is 11.5 Å². The number of carbonyl (C=O) groups excluding carboxylic acids is 1. The highest BCUT2D eigenvalue weighted by atomic mass is 16.4. The molecule has 19 heavy (non-hydrogen) atoms. The second kappa shape index (κ2) is 5.87. The lowest BCUT2D eigenvalue weighted by atomic mass is 10.0. The number of amides is 1. The van der Waals surface area contributed by atoms with Gasteiger partial charge < -0.3 is 10.0 Å². The summed E-state index contributed by atoms with van der Waals surface area (Å²) >= 11 is 0. The molecular weight excluding hydrogens is 242 g/mol. The van der Waals surface area contributed by atoms with E-state index in [0.717, 1.165) is 25.9 Å². The molecule has 1 atom stereocenters. The Balaban J connectivity index is 2.08. The van der Waals surface area contributed by atoms with Gasteiger partial charge in [-0.05, 0) is 49.4 Å². The van der Waals surface area contributed by atoms with Crippen LogP contribution in [-0.2, 0) is 0 Å². The molecule has 0 aliphatic carbocycles. The van der Waals surface area contributed by atoms with Gasteiger partial charge in [-0.1, -0.05) is 6.92 Å². The molecule has 0 aromatic heterocycles. The predicted molar refractivity (Wildman–Crippen MR) is 72.3 cm³/mol. The summed E-state index contributed by atoms with van der Waals surface area (Å²) in [5.74, 6) is -0.291. The van der Waals surface area contributed by atoms with Gasteiger partial charge in [0.05, 0.1) is 5.56 Å². The summed E-state index contributed by atoms with van der Waals surface area (Å²) in [7, 11) is 0. The smallest absolute Gasteiger partial charge is 0.335 e. The van der Waals surface area contributed by atoms with E-state index in [1.165, 1.54) is 18.6 Å². The Morgan fingerprint density at radius 3 is 2.37 bits per heavy atom. The molecule has 1 aromatic rings. The van der Waals surface area contributed by atoms with Crippen LogP contribution in [0.3, 0.4) is 0 Å². The van der Waals surface area contributed by atoms with Crippen molar-refractivity contribution in [3.63, 3.8) is 0 Å². The van der Waals surface area contributed by atoms with E-state index in [2.05, 4.69) is 6.92 Å². The molecule has 1 amide bonds. The molecule has 1 aliphatic heterocycles. The molecular formula is C15H19NO3. The van der Waals surface area contributed by atoms with Gasteiger partial charge in [-0.25, -0.2) is 4.79 Å². The number of carboxylic acid groups (broad SMARTS) is 1. The Hall–Kier alpha value is -1.84.